The second-order valence-corrected chi connectivity index (χ2v) is 6.23. The summed E-state index contributed by atoms with van der Waals surface area (Å²) < 4.78 is 19.8. The zero-order chi connectivity index (χ0) is 14.2. The van der Waals surface area contributed by atoms with Crippen LogP contribution in [0.15, 0.2) is 24.3 Å². The molecule has 2 fully saturated rings. The second-order valence-electron chi connectivity index (χ2n) is 6.23. The molecule has 1 aliphatic heterocycles. The first-order valence-corrected chi connectivity index (χ1v) is 7.69. The summed E-state index contributed by atoms with van der Waals surface area (Å²) in [6.07, 6.45) is 1.40. The zero-order valence-electron chi connectivity index (χ0n) is 12.0. The highest BCUT2D eigenvalue weighted by Crippen LogP contribution is 2.31. The standard InChI is InChI=1S/C16H20FN3O/c17-12-8-20(7-11-5-6-11)9-15(12)21-10-16-18-13-3-1-2-4-14(13)19-16/h1-4,11-12,15H,5-10H2,(H,18,19). The Morgan fingerprint density at radius 3 is 2.95 bits per heavy atom. The van der Waals surface area contributed by atoms with Crippen molar-refractivity contribution < 1.29 is 9.13 Å². The average Bonchev–Trinajstić information content (AvgIpc) is 3.08. The van der Waals surface area contributed by atoms with Gasteiger partial charge in [-0.05, 0) is 30.9 Å². The van der Waals surface area contributed by atoms with Crippen LogP contribution in [-0.2, 0) is 11.3 Å². The number of hydrogen-bond donors (Lipinski definition) is 1. The Balaban J connectivity index is 1.35. The van der Waals surface area contributed by atoms with Crippen LogP contribution in [0.2, 0.25) is 0 Å². The minimum atomic E-state index is -0.881. The molecule has 1 saturated carbocycles. The third-order valence-corrected chi connectivity index (χ3v) is 4.36. The van der Waals surface area contributed by atoms with Gasteiger partial charge in [0.2, 0.25) is 0 Å². The van der Waals surface area contributed by atoms with E-state index in [0.717, 1.165) is 29.3 Å². The monoisotopic (exact) mass is 289 g/mol. The summed E-state index contributed by atoms with van der Waals surface area (Å²) >= 11 is 0. The third-order valence-electron chi connectivity index (χ3n) is 4.36. The molecule has 0 radical (unpaired) electrons. The molecule has 112 valence electrons. The summed E-state index contributed by atoms with van der Waals surface area (Å²) in [5.74, 6) is 1.57. The highest BCUT2D eigenvalue weighted by molar-refractivity contribution is 5.74. The topological polar surface area (TPSA) is 41.1 Å². The number of aromatic nitrogens is 2. The van der Waals surface area contributed by atoms with E-state index in [1.165, 1.54) is 12.8 Å². The van der Waals surface area contributed by atoms with Crippen molar-refractivity contribution in [3.8, 4) is 0 Å². The van der Waals surface area contributed by atoms with E-state index in [9.17, 15) is 4.39 Å². The van der Waals surface area contributed by atoms with Gasteiger partial charge in [0.05, 0.1) is 11.0 Å². The number of nitrogens with zero attached hydrogens (tertiary/aromatic N) is 2. The van der Waals surface area contributed by atoms with Crippen molar-refractivity contribution >= 4 is 11.0 Å². The number of hydrogen-bond acceptors (Lipinski definition) is 3. The lowest BCUT2D eigenvalue weighted by Gasteiger charge is -2.14. The molecule has 1 saturated heterocycles. The molecule has 2 atom stereocenters. The van der Waals surface area contributed by atoms with Gasteiger partial charge in [0.25, 0.3) is 0 Å². The lowest BCUT2D eigenvalue weighted by Crippen LogP contribution is -2.25. The maximum Gasteiger partial charge on any atom is 0.140 e. The number of ether oxygens (including phenoxy) is 1. The average molecular weight is 289 g/mol. The maximum atomic E-state index is 14.0. The molecule has 2 aliphatic rings. The summed E-state index contributed by atoms with van der Waals surface area (Å²) in [6, 6.07) is 7.87. The van der Waals surface area contributed by atoms with E-state index in [2.05, 4.69) is 14.9 Å². The number of alkyl halides is 1. The fourth-order valence-corrected chi connectivity index (χ4v) is 3.04. The Labute approximate surface area is 123 Å². The smallest absolute Gasteiger partial charge is 0.140 e. The molecule has 0 amide bonds. The fourth-order valence-electron chi connectivity index (χ4n) is 3.04. The minimum absolute atomic E-state index is 0.322. The summed E-state index contributed by atoms with van der Waals surface area (Å²) in [7, 11) is 0. The highest BCUT2D eigenvalue weighted by Gasteiger charge is 2.36. The molecule has 2 heterocycles. The van der Waals surface area contributed by atoms with Crippen molar-refractivity contribution in [2.24, 2.45) is 5.92 Å². The van der Waals surface area contributed by atoms with Crippen LogP contribution in [0.5, 0.6) is 0 Å². The van der Waals surface area contributed by atoms with E-state index in [1.54, 1.807) is 0 Å². The summed E-state index contributed by atoms with van der Waals surface area (Å²) in [5.41, 5.74) is 1.92. The first-order chi connectivity index (χ1) is 10.3. The Morgan fingerprint density at radius 1 is 1.29 bits per heavy atom. The van der Waals surface area contributed by atoms with Crippen LogP contribution >= 0.6 is 0 Å². The molecule has 1 aromatic heterocycles. The van der Waals surface area contributed by atoms with E-state index in [0.29, 0.717) is 19.7 Å². The van der Waals surface area contributed by atoms with Crippen LogP contribution in [0.3, 0.4) is 0 Å². The van der Waals surface area contributed by atoms with Gasteiger partial charge in [-0.25, -0.2) is 9.37 Å². The molecule has 4 rings (SSSR count). The number of imidazole rings is 1. The molecule has 21 heavy (non-hydrogen) atoms. The van der Waals surface area contributed by atoms with Crippen LogP contribution < -0.4 is 0 Å². The van der Waals surface area contributed by atoms with Gasteiger partial charge in [0, 0.05) is 19.6 Å². The van der Waals surface area contributed by atoms with Crippen molar-refractivity contribution in [3.63, 3.8) is 0 Å². The number of aromatic amines is 1. The number of benzene rings is 1. The first-order valence-electron chi connectivity index (χ1n) is 7.69. The maximum absolute atomic E-state index is 14.0. The third kappa shape index (κ3) is 2.94. The molecule has 1 N–H and O–H groups in total. The van der Waals surface area contributed by atoms with Crippen LogP contribution in [0.25, 0.3) is 11.0 Å². The van der Waals surface area contributed by atoms with E-state index >= 15 is 0 Å². The number of rotatable bonds is 5. The van der Waals surface area contributed by atoms with Gasteiger partial charge in [-0.15, -0.1) is 0 Å². The minimum Gasteiger partial charge on any atom is -0.366 e. The van der Waals surface area contributed by atoms with Crippen molar-refractivity contribution in [2.75, 3.05) is 19.6 Å². The summed E-state index contributed by atoms with van der Waals surface area (Å²) in [5, 5.41) is 0. The Kier molecular flexibility index (Phi) is 3.39. The molecular weight excluding hydrogens is 269 g/mol. The number of fused-ring (bicyclic) bond motifs is 1. The molecule has 1 aliphatic carbocycles. The SMILES string of the molecule is FC1CN(CC2CC2)CC1OCc1nc2ccccc2[nH]1. The van der Waals surface area contributed by atoms with Gasteiger partial charge in [0.15, 0.2) is 0 Å². The molecule has 5 heteroatoms. The van der Waals surface area contributed by atoms with Crippen molar-refractivity contribution in [3.05, 3.63) is 30.1 Å². The summed E-state index contributed by atoms with van der Waals surface area (Å²) in [4.78, 5) is 9.88. The van der Waals surface area contributed by atoms with E-state index in [-0.39, 0.29) is 6.10 Å². The lowest BCUT2D eigenvalue weighted by atomic mass is 10.3. The predicted molar refractivity (Wildman–Crippen MR) is 78.7 cm³/mol. The first kappa shape index (κ1) is 13.2. The van der Waals surface area contributed by atoms with E-state index < -0.39 is 6.17 Å². The van der Waals surface area contributed by atoms with Crippen LogP contribution in [-0.4, -0.2) is 46.8 Å². The van der Waals surface area contributed by atoms with Crippen molar-refractivity contribution in [2.45, 2.75) is 31.7 Å². The fraction of sp³-hybridized carbons (Fsp3) is 0.562. The molecule has 4 nitrogen and oxygen atoms in total. The van der Waals surface area contributed by atoms with Crippen LogP contribution in [0.1, 0.15) is 18.7 Å². The molecule has 2 aromatic rings. The number of halogens is 1. The largest absolute Gasteiger partial charge is 0.366 e. The van der Waals surface area contributed by atoms with Gasteiger partial charge in [-0.1, -0.05) is 12.1 Å². The number of H-pyrrole nitrogens is 1. The van der Waals surface area contributed by atoms with E-state index in [4.69, 9.17) is 4.74 Å². The van der Waals surface area contributed by atoms with Gasteiger partial charge in [-0.3, -0.25) is 4.90 Å². The van der Waals surface area contributed by atoms with Crippen LogP contribution in [0, 0.1) is 5.92 Å². The molecule has 2 unspecified atom stereocenters. The van der Waals surface area contributed by atoms with Gasteiger partial charge in [0.1, 0.15) is 24.7 Å². The van der Waals surface area contributed by atoms with Crippen molar-refractivity contribution in [1.29, 1.82) is 0 Å². The lowest BCUT2D eigenvalue weighted by molar-refractivity contribution is 0.00872. The molecule has 1 aromatic carbocycles. The predicted octanol–water partition coefficient (Wildman–Crippen LogP) is 2.51. The molecule has 0 spiro atoms. The molecule has 0 bridgehead atoms. The number of likely N-dealkylation sites (tertiary alicyclic amines) is 1. The van der Waals surface area contributed by atoms with Gasteiger partial charge in [-0.2, -0.15) is 0 Å². The Hall–Kier alpha value is -1.46. The second kappa shape index (κ2) is 5.39. The molecular formula is C16H20FN3O. The quantitative estimate of drug-likeness (QED) is 0.919. The Bertz CT molecular complexity index is 592. The number of para-hydroxylation sites is 2. The van der Waals surface area contributed by atoms with Gasteiger partial charge >= 0.3 is 0 Å². The normalized spacial score (nSPS) is 26.7. The highest BCUT2D eigenvalue weighted by atomic mass is 19.1. The van der Waals surface area contributed by atoms with Crippen molar-refractivity contribution in [1.82, 2.24) is 14.9 Å². The van der Waals surface area contributed by atoms with Gasteiger partial charge < -0.3 is 9.72 Å². The van der Waals surface area contributed by atoms with Crippen LogP contribution in [0.4, 0.5) is 4.39 Å². The Morgan fingerprint density at radius 2 is 2.14 bits per heavy atom. The zero-order valence-corrected chi connectivity index (χ0v) is 12.0. The summed E-state index contributed by atoms with van der Waals surface area (Å²) in [6.45, 7) is 2.60. The number of nitrogens with one attached hydrogen (secondary N) is 1. The van der Waals surface area contributed by atoms with E-state index in [1.807, 2.05) is 24.3 Å².